The first-order valence-electron chi connectivity index (χ1n) is 29.6. The van der Waals surface area contributed by atoms with Crippen molar-refractivity contribution >= 4 is 11.8 Å². The molecule has 0 saturated carbocycles. The molecule has 4 aliphatic heterocycles. The van der Waals surface area contributed by atoms with E-state index in [1.165, 1.54) is 18.7 Å². The van der Waals surface area contributed by atoms with Crippen molar-refractivity contribution in [1.29, 1.82) is 0 Å². The predicted octanol–water partition coefficient (Wildman–Crippen LogP) is 4.48. The molecule has 21 nitrogen and oxygen atoms in total. The van der Waals surface area contributed by atoms with Crippen LogP contribution < -0.4 is 10.2 Å². The van der Waals surface area contributed by atoms with Gasteiger partial charge in [0.05, 0.1) is 47.2 Å². The molecule has 0 amide bonds. The lowest BCUT2D eigenvalue weighted by Crippen LogP contribution is -2.61. The summed E-state index contributed by atoms with van der Waals surface area (Å²) in [7, 11) is 6.78. The number of nitrogens with one attached hydrogen (secondary N) is 1. The molecule has 4 fully saturated rings. The van der Waals surface area contributed by atoms with E-state index in [2.05, 4.69) is 26.6 Å². The van der Waals surface area contributed by atoms with E-state index in [4.69, 9.17) is 38.1 Å². The van der Waals surface area contributed by atoms with Gasteiger partial charge in [-0.2, -0.15) is 0 Å². The number of likely N-dealkylation sites (N-methyl/N-ethyl adjacent to an activating group) is 2. The third kappa shape index (κ3) is 15.0. The van der Waals surface area contributed by atoms with Gasteiger partial charge in [0, 0.05) is 102 Å². The third-order valence-corrected chi connectivity index (χ3v) is 18.3. The molecule has 4 aliphatic rings. The fraction of sp³-hybridized carbons (Fsp3) is 0.767. The molecule has 0 unspecified atom stereocenters. The van der Waals surface area contributed by atoms with Gasteiger partial charge in [0.1, 0.15) is 54.7 Å². The number of halogens is 1. The highest BCUT2D eigenvalue weighted by atomic mass is 19.1. The molecular formula is C60H97FN8O13. The molecule has 20 atom stereocenters. The van der Waals surface area contributed by atoms with Crippen LogP contribution in [0.4, 0.5) is 10.2 Å². The van der Waals surface area contributed by atoms with Crippen LogP contribution in [0.25, 0.3) is 11.1 Å². The van der Waals surface area contributed by atoms with E-state index in [0.717, 1.165) is 48.7 Å². The zero-order valence-corrected chi connectivity index (χ0v) is 50.9. The molecule has 0 spiro atoms. The summed E-state index contributed by atoms with van der Waals surface area (Å²) in [6.07, 6.45) is -6.16. The van der Waals surface area contributed by atoms with Gasteiger partial charge in [-0.1, -0.05) is 50.3 Å². The van der Waals surface area contributed by atoms with Crippen LogP contribution in [0.5, 0.6) is 0 Å². The summed E-state index contributed by atoms with van der Waals surface area (Å²) in [5.41, 5.74) is -1.26. The average molecular weight is 1160 g/mol. The zero-order chi connectivity index (χ0) is 60.0. The number of ether oxygens (including phenoxy) is 7. The minimum Gasteiger partial charge on any atom is -0.459 e. The number of esters is 1. The van der Waals surface area contributed by atoms with Gasteiger partial charge in [0.15, 0.2) is 12.6 Å². The number of aliphatic hydroxyl groups is 5. The Morgan fingerprint density at radius 1 is 0.927 bits per heavy atom. The molecule has 6 N–H and O–H groups in total. The summed E-state index contributed by atoms with van der Waals surface area (Å²) in [5, 5.41) is 72.3. The van der Waals surface area contributed by atoms with Crippen molar-refractivity contribution in [2.24, 2.45) is 17.8 Å². The third-order valence-electron chi connectivity index (χ3n) is 18.3. The Morgan fingerprint density at radius 2 is 1.61 bits per heavy atom. The molecule has 7 rings (SSSR count). The molecule has 0 bridgehead atoms. The van der Waals surface area contributed by atoms with Crippen LogP contribution in [0.2, 0.25) is 0 Å². The number of aliphatic hydroxyl groups excluding tert-OH is 3. The second kappa shape index (κ2) is 28.1. The second-order valence-electron chi connectivity index (χ2n) is 24.8. The van der Waals surface area contributed by atoms with Gasteiger partial charge < -0.3 is 78.7 Å². The van der Waals surface area contributed by atoms with Crippen LogP contribution in [0.1, 0.15) is 118 Å². The van der Waals surface area contributed by atoms with Gasteiger partial charge in [0.2, 0.25) is 0 Å². The number of pyridine rings is 1. The van der Waals surface area contributed by atoms with E-state index in [9.17, 15) is 30.3 Å². The Labute approximate surface area is 485 Å². The van der Waals surface area contributed by atoms with Crippen LogP contribution in [0.15, 0.2) is 48.8 Å². The van der Waals surface area contributed by atoms with Crippen molar-refractivity contribution in [2.75, 3.05) is 79.2 Å². The number of rotatable bonds is 17. The minimum absolute atomic E-state index is 0.0824. The topological polar surface area (TPSA) is 248 Å². The minimum atomic E-state index is -1.86. The van der Waals surface area contributed by atoms with Crippen LogP contribution in [-0.4, -0.2) is 226 Å². The summed E-state index contributed by atoms with van der Waals surface area (Å²) in [5.74, 6) is -1.94. The van der Waals surface area contributed by atoms with Gasteiger partial charge in [-0.15, -0.1) is 5.10 Å². The number of alkyl halides is 1. The molecule has 22 heteroatoms. The zero-order valence-electron chi connectivity index (χ0n) is 50.9. The van der Waals surface area contributed by atoms with Gasteiger partial charge in [-0.05, 0) is 111 Å². The number of anilines is 1. The van der Waals surface area contributed by atoms with Crippen molar-refractivity contribution < 1.29 is 67.9 Å². The Morgan fingerprint density at radius 3 is 2.23 bits per heavy atom. The molecule has 0 aliphatic carbocycles. The quantitative estimate of drug-likeness (QED) is 0.102. The number of methoxy groups -OCH3 is 2. The first-order valence-corrected chi connectivity index (χ1v) is 29.6. The Kier molecular flexibility index (Phi) is 22.5. The van der Waals surface area contributed by atoms with Crippen molar-refractivity contribution in [2.45, 2.75) is 204 Å². The van der Waals surface area contributed by atoms with E-state index in [-0.39, 0.29) is 25.2 Å². The molecule has 1 aromatic carbocycles. The number of hydrogen-bond acceptors (Lipinski definition) is 20. The molecular weight excluding hydrogens is 1060 g/mol. The first-order chi connectivity index (χ1) is 38.8. The van der Waals surface area contributed by atoms with Gasteiger partial charge in [-0.25, -0.2) is 14.1 Å². The lowest BCUT2D eigenvalue weighted by molar-refractivity contribution is -0.318. The van der Waals surface area contributed by atoms with E-state index in [1.54, 1.807) is 61.8 Å². The lowest BCUT2D eigenvalue weighted by atomic mass is 9.77. The van der Waals surface area contributed by atoms with Crippen LogP contribution in [-0.2, 0) is 44.4 Å². The highest BCUT2D eigenvalue weighted by molar-refractivity contribution is 5.73. The first kappa shape index (κ1) is 65.7. The van der Waals surface area contributed by atoms with E-state index >= 15 is 4.39 Å². The van der Waals surface area contributed by atoms with Crippen molar-refractivity contribution in [3.63, 3.8) is 0 Å². The number of hydrogen-bond donors (Lipinski definition) is 6. The summed E-state index contributed by atoms with van der Waals surface area (Å²) >= 11 is 0. The molecule has 462 valence electrons. The highest BCUT2D eigenvalue weighted by Gasteiger charge is 2.53. The monoisotopic (exact) mass is 1160 g/mol. The Hall–Kier alpha value is -3.85. The second-order valence-corrected chi connectivity index (χ2v) is 24.8. The predicted molar refractivity (Wildman–Crippen MR) is 306 cm³/mol. The number of benzene rings is 1. The van der Waals surface area contributed by atoms with Gasteiger partial charge >= 0.3 is 5.97 Å². The largest absolute Gasteiger partial charge is 0.459 e. The van der Waals surface area contributed by atoms with Crippen molar-refractivity contribution in [3.05, 3.63) is 60.0 Å². The number of carbonyl (C=O) groups excluding carboxylic acids is 1. The van der Waals surface area contributed by atoms with E-state index in [0.29, 0.717) is 31.6 Å². The van der Waals surface area contributed by atoms with Crippen molar-refractivity contribution in [3.8, 4) is 11.1 Å². The van der Waals surface area contributed by atoms with Crippen LogP contribution in [0.3, 0.4) is 0 Å². The average Bonchev–Trinajstić information content (AvgIpc) is 4.08. The normalized spacial score (nSPS) is 37.7. The van der Waals surface area contributed by atoms with Crippen LogP contribution in [0, 0.1) is 17.8 Å². The fourth-order valence-corrected chi connectivity index (χ4v) is 13.0. The molecule has 4 saturated heterocycles. The molecule has 6 heterocycles. The number of piperazine rings is 1. The van der Waals surface area contributed by atoms with Crippen LogP contribution >= 0.6 is 0 Å². The summed E-state index contributed by atoms with van der Waals surface area (Å²) in [4.78, 5) is 25.5. The molecule has 2 aromatic heterocycles. The number of aromatic nitrogens is 4. The number of carbonyl (C=O) groups is 1. The summed E-state index contributed by atoms with van der Waals surface area (Å²) in [6, 6.07) is 10.1. The Bertz CT molecular complexity index is 2460. The number of nitrogens with zero attached hydrogens (tertiary/aromatic N) is 7. The highest BCUT2D eigenvalue weighted by Crippen LogP contribution is 2.41. The van der Waals surface area contributed by atoms with Gasteiger partial charge in [-0.3, -0.25) is 4.79 Å². The maximum absolute atomic E-state index is 15.1. The Balaban J connectivity index is 1.09. The smallest absolute Gasteiger partial charge is 0.311 e. The lowest BCUT2D eigenvalue weighted by Gasteiger charge is -2.49. The molecule has 3 aromatic rings. The standard InChI is InChI=1S/C60H97FN8O13/c1-15-47-60(10,75)53(71)39(6)67(12)33-35(2)29-58(8,74)55(37(4)51(38(5)56(73)80-47)81-49-30-59(9,77-14)54(72)40(7)79-49)82-57-50(70)45(28-36(3)78-57)66(11)25-22-44-34-69(65-64-44)46(31-61)52(76-13)42-18-16-41(17-19-42)43-20-21-48(63-32-43)68-26-23-62-24-27-68/h16-21,32,34-40,45-47,49-55,57,62,70-72,74-75H,15,22-31,33H2,1-14H3/t35-,36-,37+,38-,39-,40+,45+,46-,47-,49+,50-,51+,52-,53-,54+,55-,57+,58-,59-,60-/m1/s1. The maximum atomic E-state index is 15.1. The number of cyclic esters (lactones) is 1. The van der Waals surface area contributed by atoms with E-state index in [1.807, 2.05) is 74.3 Å². The van der Waals surface area contributed by atoms with E-state index < -0.39 is 127 Å². The van der Waals surface area contributed by atoms with Crippen molar-refractivity contribution in [1.82, 2.24) is 35.1 Å². The SMILES string of the molecule is CC[C@H]1OC(=O)[C@H](C)[C@@H](O[C@H]2C[C@@](C)(OC)[C@@H](O)[C@H](C)O2)[C@H](C)[C@@H](O[C@@H]2O[C@H](C)C[C@H](N(C)CCc3cn([C@H](CF)[C@H](OC)c4ccc(-c5ccc(N6CCNCC6)nc5)cc4)nn3)[C@H]2O)[C@](C)(O)C[C@@H](C)CN(C)[C@H](C)[C@@H](O)[C@]1(C)O. The summed E-state index contributed by atoms with van der Waals surface area (Å²) in [6.45, 7) is 21.2. The molecule has 0 radical (unpaired) electrons. The fourth-order valence-electron chi connectivity index (χ4n) is 13.0. The maximum Gasteiger partial charge on any atom is 0.311 e. The molecule has 82 heavy (non-hydrogen) atoms. The van der Waals surface area contributed by atoms with Gasteiger partial charge in [0.25, 0.3) is 0 Å². The summed E-state index contributed by atoms with van der Waals surface area (Å²) < 4.78 is 61.0.